The molecule has 0 saturated carbocycles. The van der Waals surface area contributed by atoms with Gasteiger partial charge in [0.2, 0.25) is 11.8 Å². The highest BCUT2D eigenvalue weighted by Crippen LogP contribution is 2.24. The number of amides is 2. The van der Waals surface area contributed by atoms with Gasteiger partial charge in [-0.1, -0.05) is 12.1 Å². The second-order valence-corrected chi connectivity index (χ2v) is 6.01. The largest absolute Gasteiger partial charge is 0.338 e. The highest BCUT2D eigenvalue weighted by Gasteiger charge is 2.34. The quantitative estimate of drug-likeness (QED) is 0.667. The Balaban J connectivity index is 1.65. The van der Waals surface area contributed by atoms with E-state index in [1.54, 1.807) is 0 Å². The van der Waals surface area contributed by atoms with Gasteiger partial charge in [-0.05, 0) is 29.8 Å². The molecule has 0 spiro atoms. The molecule has 1 N–H and O–H groups in total. The number of likely N-dealkylation sites (tertiary alicyclic amines) is 1. The minimum absolute atomic E-state index is 0.0850. The molecule has 1 fully saturated rings. The van der Waals surface area contributed by atoms with Crippen molar-refractivity contribution in [3.63, 3.8) is 0 Å². The summed E-state index contributed by atoms with van der Waals surface area (Å²) in [6, 6.07) is 7.23. The number of halogens is 4. The predicted octanol–water partition coefficient (Wildman–Crippen LogP) is 3.23. The third-order valence-electron chi connectivity index (χ3n) is 4.17. The Labute approximate surface area is 146 Å². The van der Waals surface area contributed by atoms with E-state index in [4.69, 9.17) is 0 Å². The fourth-order valence-corrected chi connectivity index (χ4v) is 2.77. The van der Waals surface area contributed by atoms with Gasteiger partial charge in [0, 0.05) is 19.5 Å². The monoisotopic (exact) mass is 366 g/mol. The van der Waals surface area contributed by atoms with E-state index in [1.165, 1.54) is 29.2 Å². The summed E-state index contributed by atoms with van der Waals surface area (Å²) in [5, 5.41) is 2.18. The van der Waals surface area contributed by atoms with Crippen molar-refractivity contribution >= 4 is 17.5 Å². The van der Waals surface area contributed by atoms with Crippen LogP contribution in [0.4, 0.5) is 23.2 Å². The van der Waals surface area contributed by atoms with Crippen LogP contribution in [0.15, 0.2) is 36.4 Å². The van der Waals surface area contributed by atoms with Crippen LogP contribution in [-0.2, 0) is 16.1 Å². The average Bonchev–Trinajstić information content (AvgIpc) is 2.98. The minimum Gasteiger partial charge on any atom is -0.338 e. The summed E-state index contributed by atoms with van der Waals surface area (Å²) >= 11 is 0. The Morgan fingerprint density at radius 2 is 1.73 bits per heavy atom. The summed E-state index contributed by atoms with van der Waals surface area (Å²) in [5.74, 6) is -6.62. The molecule has 1 atom stereocenters. The zero-order chi connectivity index (χ0) is 18.8. The number of nitrogens with one attached hydrogen (secondary N) is 1. The molecule has 1 aliphatic rings. The zero-order valence-corrected chi connectivity index (χ0v) is 13.4. The van der Waals surface area contributed by atoms with Crippen LogP contribution in [-0.4, -0.2) is 23.3 Å². The Morgan fingerprint density at radius 1 is 1.04 bits per heavy atom. The maximum atomic E-state index is 13.6. The first kappa shape index (κ1) is 17.9. The number of nitrogens with zero attached hydrogens (tertiary/aromatic N) is 1. The first-order chi connectivity index (χ1) is 12.3. The third-order valence-corrected chi connectivity index (χ3v) is 4.17. The standard InChI is InChI=1S/C18H14F4N2O2/c19-12-3-1-10(2-4-12)8-24-9-11(7-15(24)25)18(26)23-14-6-5-13(20)16(21)17(14)22/h1-6,11H,7-9H2,(H,23,26). The smallest absolute Gasteiger partial charge is 0.229 e. The molecule has 4 nitrogen and oxygen atoms in total. The van der Waals surface area contributed by atoms with Crippen LogP contribution in [0.5, 0.6) is 0 Å². The SMILES string of the molecule is O=C(Nc1ccc(F)c(F)c1F)C1CC(=O)N(Cc2ccc(F)cc2)C1. The number of hydrogen-bond donors (Lipinski definition) is 1. The Hall–Kier alpha value is -2.90. The average molecular weight is 366 g/mol. The first-order valence-corrected chi connectivity index (χ1v) is 7.81. The number of rotatable bonds is 4. The molecule has 8 heteroatoms. The summed E-state index contributed by atoms with van der Waals surface area (Å²) in [4.78, 5) is 25.7. The van der Waals surface area contributed by atoms with Gasteiger partial charge in [-0.25, -0.2) is 17.6 Å². The van der Waals surface area contributed by atoms with Crippen LogP contribution in [0.1, 0.15) is 12.0 Å². The van der Waals surface area contributed by atoms with Gasteiger partial charge in [0.05, 0.1) is 11.6 Å². The molecule has 0 aromatic heterocycles. The van der Waals surface area contributed by atoms with Gasteiger partial charge in [0.1, 0.15) is 5.82 Å². The van der Waals surface area contributed by atoms with Crippen LogP contribution in [0.25, 0.3) is 0 Å². The molecule has 2 aromatic rings. The number of anilines is 1. The molecule has 0 bridgehead atoms. The second-order valence-electron chi connectivity index (χ2n) is 6.01. The fraction of sp³-hybridized carbons (Fsp3) is 0.222. The van der Waals surface area contributed by atoms with Crippen LogP contribution in [0.2, 0.25) is 0 Å². The van der Waals surface area contributed by atoms with Crippen LogP contribution >= 0.6 is 0 Å². The highest BCUT2D eigenvalue weighted by molar-refractivity contribution is 5.97. The second kappa shape index (κ2) is 7.15. The molecule has 1 heterocycles. The van der Waals surface area contributed by atoms with Crippen LogP contribution in [0.3, 0.4) is 0 Å². The Morgan fingerprint density at radius 3 is 2.42 bits per heavy atom. The molecule has 136 valence electrons. The summed E-state index contributed by atoms with van der Waals surface area (Å²) in [6.07, 6.45) is -0.0850. The van der Waals surface area contributed by atoms with Crippen molar-refractivity contribution in [2.75, 3.05) is 11.9 Å². The van der Waals surface area contributed by atoms with E-state index >= 15 is 0 Å². The van der Waals surface area contributed by atoms with Crippen LogP contribution < -0.4 is 5.32 Å². The molecule has 26 heavy (non-hydrogen) atoms. The van der Waals surface area contributed by atoms with E-state index in [9.17, 15) is 27.2 Å². The summed E-state index contributed by atoms with van der Waals surface area (Å²) in [5.41, 5.74) is 0.214. The van der Waals surface area contributed by atoms with E-state index in [-0.39, 0.29) is 25.4 Å². The molecule has 1 unspecified atom stereocenters. The molecule has 0 radical (unpaired) electrons. The van der Waals surface area contributed by atoms with Crippen molar-refractivity contribution < 1.29 is 27.2 Å². The van der Waals surface area contributed by atoms with E-state index < -0.39 is 40.8 Å². The number of carbonyl (C=O) groups excluding carboxylic acids is 2. The van der Waals surface area contributed by atoms with Gasteiger partial charge in [-0.15, -0.1) is 0 Å². The molecular weight excluding hydrogens is 352 g/mol. The van der Waals surface area contributed by atoms with Gasteiger partial charge >= 0.3 is 0 Å². The van der Waals surface area contributed by atoms with E-state index in [0.717, 1.165) is 6.07 Å². The fourth-order valence-electron chi connectivity index (χ4n) is 2.77. The number of benzene rings is 2. The lowest BCUT2D eigenvalue weighted by molar-refractivity contribution is -0.128. The molecular formula is C18H14F4N2O2. The first-order valence-electron chi connectivity index (χ1n) is 7.81. The highest BCUT2D eigenvalue weighted by atomic mass is 19.2. The van der Waals surface area contributed by atoms with Gasteiger partial charge in [-0.3, -0.25) is 9.59 Å². The van der Waals surface area contributed by atoms with E-state index in [1.807, 2.05) is 0 Å². The molecule has 1 aliphatic heterocycles. The molecule has 0 aliphatic carbocycles. The molecule has 1 saturated heterocycles. The number of carbonyl (C=O) groups is 2. The van der Waals surface area contributed by atoms with Crippen molar-refractivity contribution in [3.05, 3.63) is 65.2 Å². The van der Waals surface area contributed by atoms with Crippen molar-refractivity contribution in [2.45, 2.75) is 13.0 Å². The van der Waals surface area contributed by atoms with E-state index in [0.29, 0.717) is 11.6 Å². The van der Waals surface area contributed by atoms with E-state index in [2.05, 4.69) is 5.32 Å². The topological polar surface area (TPSA) is 49.4 Å². The predicted molar refractivity (Wildman–Crippen MR) is 84.9 cm³/mol. The Kier molecular flexibility index (Phi) is 4.92. The van der Waals surface area contributed by atoms with Gasteiger partial charge in [0.15, 0.2) is 17.5 Å². The maximum Gasteiger partial charge on any atom is 0.229 e. The molecule has 3 rings (SSSR count). The summed E-state index contributed by atoms with van der Waals surface area (Å²) in [7, 11) is 0. The minimum atomic E-state index is -1.68. The number of hydrogen-bond acceptors (Lipinski definition) is 2. The Bertz CT molecular complexity index is 855. The zero-order valence-electron chi connectivity index (χ0n) is 13.4. The van der Waals surface area contributed by atoms with Crippen molar-refractivity contribution in [2.24, 2.45) is 5.92 Å². The summed E-state index contributed by atoms with van der Waals surface area (Å²) < 4.78 is 52.7. The van der Waals surface area contributed by atoms with Crippen molar-refractivity contribution in [1.29, 1.82) is 0 Å². The lowest BCUT2D eigenvalue weighted by Crippen LogP contribution is -2.28. The van der Waals surface area contributed by atoms with Crippen LogP contribution in [0, 0.1) is 29.2 Å². The lowest BCUT2D eigenvalue weighted by atomic mass is 10.1. The normalized spacial score (nSPS) is 16.8. The molecule has 2 amide bonds. The van der Waals surface area contributed by atoms with Gasteiger partial charge in [-0.2, -0.15) is 0 Å². The van der Waals surface area contributed by atoms with Gasteiger partial charge < -0.3 is 10.2 Å². The van der Waals surface area contributed by atoms with Crippen molar-refractivity contribution in [1.82, 2.24) is 4.90 Å². The third kappa shape index (κ3) is 3.68. The molecule has 2 aromatic carbocycles. The maximum absolute atomic E-state index is 13.6. The van der Waals surface area contributed by atoms with Gasteiger partial charge in [0.25, 0.3) is 0 Å². The summed E-state index contributed by atoms with van der Waals surface area (Å²) in [6.45, 7) is 0.301. The van der Waals surface area contributed by atoms with Crippen molar-refractivity contribution in [3.8, 4) is 0 Å². The lowest BCUT2D eigenvalue weighted by Gasteiger charge is -2.17.